The number of nitrogens with zero attached hydrogens (tertiary/aromatic N) is 1. The monoisotopic (exact) mass is 498 g/mol. The van der Waals surface area contributed by atoms with E-state index in [0.717, 1.165) is 4.57 Å². The maximum Gasteiger partial charge on any atom is 0.490 e. The molecule has 2 unspecified atom stereocenters. The van der Waals surface area contributed by atoms with Crippen molar-refractivity contribution < 1.29 is 56.3 Å². The van der Waals surface area contributed by atoms with Gasteiger partial charge in [-0.3, -0.25) is 14.1 Å². The molecular weight excluding hydrogens is 481 g/mol. The summed E-state index contributed by atoms with van der Waals surface area (Å²) >= 11 is 4.81. The molecular formula is C10H17N2O13P3S. The first-order valence-corrected chi connectivity index (χ1v) is 12.5. The number of phosphoric acid groups is 3. The highest BCUT2D eigenvalue weighted by molar-refractivity contribution is 7.71. The minimum Gasteiger partial charge on any atom is -0.390 e. The number of aliphatic hydroxyl groups is 1. The fourth-order valence-electron chi connectivity index (χ4n) is 2.45. The van der Waals surface area contributed by atoms with Crippen LogP contribution in [0.15, 0.2) is 17.1 Å². The second kappa shape index (κ2) is 8.89. The maximum absolute atomic E-state index is 12.0. The third kappa shape index (κ3) is 6.97. The van der Waals surface area contributed by atoms with Gasteiger partial charge in [0.25, 0.3) is 0 Å². The standard InChI is InChI=1S/C10H17N2O13P3S/c1-5-8(13)6(23-9(5)12-3-2-7(29)11-10(12)14)4-22-27(18,19)25-28(20,21)24-26(15,16)17/h2-3,5-6,8-9,13H,4H2,1H3,(H,18,19)(H,20,21)(H,11,14,29)(H2,15,16,17)/t5-,6+,8-,9+/m0/s1. The molecule has 2 heterocycles. The number of hydrogen-bond acceptors (Lipinski definition) is 10. The third-order valence-corrected chi connectivity index (χ3v) is 7.67. The number of hydrogen-bond donors (Lipinski definition) is 6. The molecule has 29 heavy (non-hydrogen) atoms. The van der Waals surface area contributed by atoms with Crippen LogP contribution >= 0.6 is 35.7 Å². The van der Waals surface area contributed by atoms with E-state index >= 15 is 0 Å². The number of aromatic nitrogens is 2. The van der Waals surface area contributed by atoms with E-state index in [0.29, 0.717) is 0 Å². The highest BCUT2D eigenvalue weighted by Gasteiger charge is 2.45. The molecule has 6 atom stereocenters. The summed E-state index contributed by atoms with van der Waals surface area (Å²) in [6.07, 6.45) is -2.24. The van der Waals surface area contributed by atoms with Crippen LogP contribution in [0.5, 0.6) is 0 Å². The molecule has 15 nitrogen and oxygen atoms in total. The van der Waals surface area contributed by atoms with Crippen molar-refractivity contribution in [2.24, 2.45) is 5.92 Å². The van der Waals surface area contributed by atoms with Crippen LogP contribution in [-0.2, 0) is 31.6 Å². The van der Waals surface area contributed by atoms with Crippen molar-refractivity contribution in [2.75, 3.05) is 6.61 Å². The zero-order chi connectivity index (χ0) is 22.2. The first-order valence-electron chi connectivity index (χ1n) is 7.53. The van der Waals surface area contributed by atoms with Crippen LogP contribution < -0.4 is 5.69 Å². The predicted molar refractivity (Wildman–Crippen MR) is 94.8 cm³/mol. The molecule has 0 radical (unpaired) electrons. The molecule has 1 saturated heterocycles. The number of nitrogens with one attached hydrogen (secondary N) is 1. The van der Waals surface area contributed by atoms with E-state index in [-0.39, 0.29) is 4.64 Å². The molecule has 2 rings (SSSR count). The third-order valence-electron chi connectivity index (χ3n) is 3.63. The molecule has 166 valence electrons. The number of phosphoric ester groups is 1. The van der Waals surface area contributed by atoms with Gasteiger partial charge in [-0.25, -0.2) is 18.5 Å². The average molecular weight is 498 g/mol. The van der Waals surface area contributed by atoms with E-state index in [1.165, 1.54) is 19.2 Å². The Labute approximate surface area is 167 Å². The second-order valence-corrected chi connectivity index (χ2v) is 10.7. The highest BCUT2D eigenvalue weighted by atomic mass is 32.1. The van der Waals surface area contributed by atoms with Crippen LogP contribution in [0.25, 0.3) is 0 Å². The molecule has 6 N–H and O–H groups in total. The van der Waals surface area contributed by atoms with Crippen LogP contribution in [0.4, 0.5) is 0 Å². The zero-order valence-electron chi connectivity index (χ0n) is 14.4. The van der Waals surface area contributed by atoms with Gasteiger partial charge in [0.05, 0.1) is 12.7 Å². The molecule has 0 bridgehead atoms. The maximum atomic E-state index is 12.0. The summed E-state index contributed by atoms with van der Waals surface area (Å²) in [5, 5.41) is 10.2. The van der Waals surface area contributed by atoms with Gasteiger partial charge in [0.1, 0.15) is 17.0 Å². The SMILES string of the molecule is C[C@H]1[C@H](O)[C@@H](COP(=O)(O)OP(=O)(O)OP(=O)(O)O)O[C@H]1n1ccc(=S)[nH]c1=O. The van der Waals surface area contributed by atoms with E-state index < -0.39 is 60.1 Å². The van der Waals surface area contributed by atoms with E-state index in [9.17, 15) is 28.5 Å². The summed E-state index contributed by atoms with van der Waals surface area (Å²) in [6, 6.07) is 1.40. The Bertz CT molecular complexity index is 1000. The van der Waals surface area contributed by atoms with Gasteiger partial charge in [-0.1, -0.05) is 19.1 Å². The average Bonchev–Trinajstić information content (AvgIpc) is 2.78. The molecule has 1 fully saturated rings. The summed E-state index contributed by atoms with van der Waals surface area (Å²) in [5.74, 6) is -0.688. The molecule has 1 aliphatic rings. The van der Waals surface area contributed by atoms with Crippen molar-refractivity contribution in [1.82, 2.24) is 9.55 Å². The largest absolute Gasteiger partial charge is 0.490 e. The number of aromatic amines is 1. The first-order chi connectivity index (χ1) is 13.1. The number of rotatable bonds is 8. The molecule has 0 amide bonds. The van der Waals surface area contributed by atoms with Crippen molar-refractivity contribution in [2.45, 2.75) is 25.4 Å². The molecule has 19 heteroatoms. The molecule has 0 aromatic carbocycles. The van der Waals surface area contributed by atoms with Gasteiger partial charge >= 0.3 is 29.2 Å². The van der Waals surface area contributed by atoms with E-state index in [1.807, 2.05) is 0 Å². The number of aliphatic hydroxyl groups excluding tert-OH is 1. The Kier molecular flexibility index (Phi) is 7.57. The van der Waals surface area contributed by atoms with Crippen molar-refractivity contribution in [3.63, 3.8) is 0 Å². The molecule has 0 saturated carbocycles. The van der Waals surface area contributed by atoms with Crippen LogP contribution in [0.1, 0.15) is 13.2 Å². The molecule has 1 aromatic rings. The van der Waals surface area contributed by atoms with Gasteiger partial charge in [0.15, 0.2) is 0 Å². The Hall–Kier alpha value is -0.570. The van der Waals surface area contributed by atoms with Crippen molar-refractivity contribution >= 4 is 35.7 Å². The fourth-order valence-corrected chi connectivity index (χ4v) is 5.62. The van der Waals surface area contributed by atoms with E-state index in [4.69, 9.17) is 31.6 Å². The summed E-state index contributed by atoms with van der Waals surface area (Å²) < 4.78 is 51.9. The predicted octanol–water partition coefficient (Wildman–Crippen LogP) is 0.144. The summed E-state index contributed by atoms with van der Waals surface area (Å²) in [7, 11) is -16.5. The lowest BCUT2D eigenvalue weighted by atomic mass is 10.0. The Morgan fingerprint density at radius 1 is 1.21 bits per heavy atom. The van der Waals surface area contributed by atoms with Crippen LogP contribution in [0.2, 0.25) is 0 Å². The highest BCUT2D eigenvalue weighted by Crippen LogP contribution is 2.66. The van der Waals surface area contributed by atoms with E-state index in [2.05, 4.69) is 18.1 Å². The molecule has 0 aliphatic carbocycles. The lowest BCUT2D eigenvalue weighted by Gasteiger charge is -2.19. The zero-order valence-corrected chi connectivity index (χ0v) is 17.9. The quantitative estimate of drug-likeness (QED) is 0.207. The van der Waals surface area contributed by atoms with Gasteiger partial charge in [0.2, 0.25) is 0 Å². The number of ether oxygens (including phenoxy) is 1. The smallest absolute Gasteiger partial charge is 0.390 e. The summed E-state index contributed by atoms with van der Waals surface area (Å²) in [4.78, 5) is 49.8. The second-order valence-electron chi connectivity index (χ2n) is 5.82. The lowest BCUT2D eigenvalue weighted by molar-refractivity contribution is -0.0467. The Morgan fingerprint density at radius 2 is 1.83 bits per heavy atom. The summed E-state index contributed by atoms with van der Waals surface area (Å²) in [5.41, 5.74) is -0.630. The minimum atomic E-state index is -5.66. The normalized spacial score (nSPS) is 29.3. The van der Waals surface area contributed by atoms with Gasteiger partial charge < -0.3 is 29.4 Å². The topological polar surface area (TPSA) is 227 Å². The van der Waals surface area contributed by atoms with Crippen molar-refractivity contribution in [1.29, 1.82) is 0 Å². The minimum absolute atomic E-state index is 0.168. The van der Waals surface area contributed by atoms with Crippen LogP contribution in [-0.4, -0.2) is 53.0 Å². The van der Waals surface area contributed by atoms with Crippen LogP contribution in [0, 0.1) is 10.6 Å². The van der Waals surface area contributed by atoms with Gasteiger partial charge in [0, 0.05) is 12.1 Å². The van der Waals surface area contributed by atoms with Gasteiger partial charge in [-0.15, -0.1) is 0 Å². The van der Waals surface area contributed by atoms with E-state index in [1.54, 1.807) is 0 Å². The number of H-pyrrole nitrogens is 1. The lowest BCUT2D eigenvalue weighted by Crippen LogP contribution is -2.30. The van der Waals surface area contributed by atoms with Crippen LogP contribution in [0.3, 0.4) is 0 Å². The molecule has 0 spiro atoms. The molecule has 1 aliphatic heterocycles. The van der Waals surface area contributed by atoms with Gasteiger partial charge in [-0.05, 0) is 6.07 Å². The van der Waals surface area contributed by atoms with Gasteiger partial charge in [-0.2, -0.15) is 8.62 Å². The molecule has 1 aromatic heterocycles. The first kappa shape index (κ1) is 24.7. The Balaban J connectivity index is 2.06. The van der Waals surface area contributed by atoms with Crippen molar-refractivity contribution in [3.05, 3.63) is 27.4 Å². The Morgan fingerprint density at radius 3 is 2.38 bits per heavy atom. The van der Waals surface area contributed by atoms with Crippen molar-refractivity contribution in [3.8, 4) is 0 Å². The fraction of sp³-hybridized carbons (Fsp3) is 0.600. The summed E-state index contributed by atoms with van der Waals surface area (Å²) in [6.45, 7) is 0.678.